The molecule has 3 rings (SSSR count). The van der Waals surface area contributed by atoms with Gasteiger partial charge >= 0.3 is 10.1 Å². The van der Waals surface area contributed by atoms with Gasteiger partial charge in [-0.25, -0.2) is 0 Å². The zero-order valence-corrected chi connectivity index (χ0v) is 19.2. The molecule has 5 nitrogen and oxygen atoms in total. The van der Waals surface area contributed by atoms with Gasteiger partial charge in [0.2, 0.25) is 0 Å². The van der Waals surface area contributed by atoms with Gasteiger partial charge in [0.25, 0.3) is 0 Å². The number of aryl methyl sites for hydroxylation is 2. The first kappa shape index (κ1) is 21.3. The van der Waals surface area contributed by atoms with Gasteiger partial charge in [-0.3, -0.25) is 4.99 Å². The fraction of sp³-hybridized carbons (Fsp3) is 0.136. The molecule has 3 aromatic carbocycles. The maximum Gasteiger partial charge on any atom is 0.339 e. The van der Waals surface area contributed by atoms with Gasteiger partial charge in [0.1, 0.15) is 4.90 Å². The van der Waals surface area contributed by atoms with E-state index in [0.717, 1.165) is 16.8 Å². The van der Waals surface area contributed by atoms with Crippen molar-refractivity contribution in [2.45, 2.75) is 18.7 Å². The summed E-state index contributed by atoms with van der Waals surface area (Å²) in [5.41, 5.74) is 3.91. The Bertz CT molecular complexity index is 1160. The Morgan fingerprint density at radius 3 is 2.38 bits per heavy atom. The smallest absolute Gasteiger partial charge is 0.339 e. The van der Waals surface area contributed by atoms with Crippen molar-refractivity contribution in [3.05, 3.63) is 80.9 Å². The van der Waals surface area contributed by atoms with Gasteiger partial charge in [-0.15, -0.1) is 0 Å². The number of hydrogen-bond donors (Lipinski definition) is 0. The number of nitrogens with zero attached hydrogens (tertiary/aromatic N) is 1. The molecule has 3 aromatic rings. The molecule has 0 unspecified atom stereocenters. The minimum Gasteiger partial charge on any atom is -0.493 e. The van der Waals surface area contributed by atoms with E-state index < -0.39 is 10.1 Å². The summed E-state index contributed by atoms with van der Waals surface area (Å²) < 4.78 is 36.5. The van der Waals surface area contributed by atoms with E-state index in [2.05, 4.69) is 11.1 Å². The van der Waals surface area contributed by atoms with Crippen LogP contribution in [0.2, 0.25) is 0 Å². The number of halogens is 1. The minimum atomic E-state index is -3.96. The number of aliphatic imine (C=N–C) groups is 1. The largest absolute Gasteiger partial charge is 0.493 e. The van der Waals surface area contributed by atoms with Crippen LogP contribution in [0.15, 0.2) is 70.6 Å². The molecule has 0 spiro atoms. The van der Waals surface area contributed by atoms with Crippen LogP contribution in [-0.4, -0.2) is 21.7 Å². The quantitative estimate of drug-likeness (QED) is 0.247. The first-order chi connectivity index (χ1) is 13.8. The average Bonchev–Trinajstić information content (AvgIpc) is 2.69. The van der Waals surface area contributed by atoms with E-state index in [0.29, 0.717) is 9.32 Å². The number of methoxy groups -OCH3 is 1. The molecule has 0 aromatic heterocycles. The molecule has 0 N–H and O–H groups in total. The van der Waals surface area contributed by atoms with Crippen molar-refractivity contribution in [3.8, 4) is 11.5 Å². The van der Waals surface area contributed by atoms with Crippen LogP contribution in [-0.2, 0) is 10.1 Å². The molecule has 0 radical (unpaired) electrons. The van der Waals surface area contributed by atoms with Crippen molar-refractivity contribution >= 4 is 44.6 Å². The van der Waals surface area contributed by atoms with Gasteiger partial charge in [0.15, 0.2) is 11.5 Å². The van der Waals surface area contributed by atoms with Gasteiger partial charge in [-0.1, -0.05) is 35.9 Å². The second kappa shape index (κ2) is 8.96. The standard InChI is InChI=1S/C22H20INO4S/c1-15-9-10-20(16(2)11-15)24-14-17-12-19(23)22(21(13-17)27-3)28-29(25,26)18-7-5-4-6-8-18/h4-14H,1-3H3. The van der Waals surface area contributed by atoms with E-state index in [4.69, 9.17) is 8.92 Å². The van der Waals surface area contributed by atoms with Gasteiger partial charge in [0.05, 0.1) is 16.4 Å². The second-order valence-electron chi connectivity index (χ2n) is 6.43. The van der Waals surface area contributed by atoms with Crippen LogP contribution in [0.3, 0.4) is 0 Å². The van der Waals surface area contributed by atoms with Gasteiger partial charge < -0.3 is 8.92 Å². The predicted octanol–water partition coefficient (Wildman–Crippen LogP) is 5.43. The molecule has 0 fully saturated rings. The highest BCUT2D eigenvalue weighted by Crippen LogP contribution is 2.36. The van der Waals surface area contributed by atoms with E-state index in [1.807, 2.05) is 48.6 Å². The number of rotatable bonds is 6. The van der Waals surface area contributed by atoms with Crippen molar-refractivity contribution in [2.75, 3.05) is 7.11 Å². The Morgan fingerprint density at radius 2 is 1.72 bits per heavy atom. The lowest BCUT2D eigenvalue weighted by atomic mass is 10.1. The zero-order valence-electron chi connectivity index (χ0n) is 16.2. The lowest BCUT2D eigenvalue weighted by molar-refractivity contribution is 0.389. The Hall–Kier alpha value is -2.39. The average molecular weight is 521 g/mol. The molecule has 0 aliphatic rings. The molecule has 0 aliphatic heterocycles. The van der Waals surface area contributed by atoms with E-state index >= 15 is 0 Å². The Labute approximate surface area is 184 Å². The summed E-state index contributed by atoms with van der Waals surface area (Å²) in [6.45, 7) is 4.05. The molecule has 0 heterocycles. The van der Waals surface area contributed by atoms with Crippen LogP contribution in [0.5, 0.6) is 11.5 Å². The summed E-state index contributed by atoms with van der Waals surface area (Å²) in [7, 11) is -2.49. The van der Waals surface area contributed by atoms with Crippen LogP contribution in [0, 0.1) is 17.4 Å². The topological polar surface area (TPSA) is 65.0 Å². The van der Waals surface area contributed by atoms with Crippen molar-refractivity contribution in [3.63, 3.8) is 0 Å². The summed E-state index contributed by atoms with van der Waals surface area (Å²) in [6.07, 6.45) is 1.72. The van der Waals surface area contributed by atoms with Crippen molar-refractivity contribution < 1.29 is 17.3 Å². The molecule has 0 atom stereocenters. The third kappa shape index (κ3) is 5.16. The number of hydrogen-bond acceptors (Lipinski definition) is 5. The van der Waals surface area contributed by atoms with Crippen molar-refractivity contribution in [1.29, 1.82) is 0 Å². The minimum absolute atomic E-state index is 0.0818. The van der Waals surface area contributed by atoms with E-state index in [9.17, 15) is 8.42 Å². The summed E-state index contributed by atoms with van der Waals surface area (Å²) in [4.78, 5) is 4.62. The summed E-state index contributed by atoms with van der Waals surface area (Å²) in [5.74, 6) is 0.471. The monoisotopic (exact) mass is 521 g/mol. The van der Waals surface area contributed by atoms with Crippen LogP contribution >= 0.6 is 22.6 Å². The highest BCUT2D eigenvalue weighted by molar-refractivity contribution is 14.1. The molecule has 0 saturated heterocycles. The highest BCUT2D eigenvalue weighted by Gasteiger charge is 2.21. The summed E-state index contributed by atoms with van der Waals surface area (Å²) >= 11 is 2.03. The number of ether oxygens (including phenoxy) is 1. The molecule has 7 heteroatoms. The lowest BCUT2D eigenvalue weighted by Crippen LogP contribution is -2.11. The zero-order chi connectivity index (χ0) is 21.0. The fourth-order valence-electron chi connectivity index (χ4n) is 2.73. The van der Waals surface area contributed by atoms with E-state index in [-0.39, 0.29) is 10.6 Å². The summed E-state index contributed by atoms with van der Waals surface area (Å²) in [5, 5.41) is 0. The first-order valence-electron chi connectivity index (χ1n) is 8.78. The van der Waals surface area contributed by atoms with Gasteiger partial charge in [-0.2, -0.15) is 8.42 Å². The molecule has 29 heavy (non-hydrogen) atoms. The van der Waals surface area contributed by atoms with Crippen LogP contribution in [0.1, 0.15) is 16.7 Å². The Morgan fingerprint density at radius 1 is 1.00 bits per heavy atom. The maximum absolute atomic E-state index is 12.6. The van der Waals surface area contributed by atoms with E-state index in [1.165, 1.54) is 24.8 Å². The first-order valence-corrected chi connectivity index (χ1v) is 11.3. The second-order valence-corrected chi connectivity index (χ2v) is 9.14. The maximum atomic E-state index is 12.6. The normalized spacial score (nSPS) is 11.6. The van der Waals surface area contributed by atoms with Crippen LogP contribution < -0.4 is 8.92 Å². The fourth-order valence-corrected chi connectivity index (χ4v) is 4.60. The summed E-state index contributed by atoms with van der Waals surface area (Å²) in [6, 6.07) is 17.5. The van der Waals surface area contributed by atoms with Crippen molar-refractivity contribution in [1.82, 2.24) is 0 Å². The molecule has 0 saturated carbocycles. The molecule has 0 amide bonds. The Kier molecular flexibility index (Phi) is 6.59. The predicted molar refractivity (Wildman–Crippen MR) is 123 cm³/mol. The molecular weight excluding hydrogens is 501 g/mol. The molecule has 0 bridgehead atoms. The number of benzene rings is 3. The van der Waals surface area contributed by atoms with Crippen LogP contribution in [0.4, 0.5) is 5.69 Å². The molecule has 0 aliphatic carbocycles. The third-order valence-electron chi connectivity index (χ3n) is 4.18. The Balaban J connectivity index is 1.93. The SMILES string of the molecule is COc1cc(C=Nc2ccc(C)cc2C)cc(I)c1OS(=O)(=O)c1ccccc1. The molecular formula is C22H20INO4S. The van der Waals surface area contributed by atoms with Crippen molar-refractivity contribution in [2.24, 2.45) is 4.99 Å². The van der Waals surface area contributed by atoms with Gasteiger partial charge in [0, 0.05) is 6.21 Å². The molecule has 150 valence electrons. The van der Waals surface area contributed by atoms with Gasteiger partial charge in [-0.05, 0) is 77.9 Å². The van der Waals surface area contributed by atoms with E-state index in [1.54, 1.807) is 36.5 Å². The van der Waals surface area contributed by atoms with Crippen LogP contribution in [0.25, 0.3) is 0 Å². The lowest BCUT2D eigenvalue weighted by Gasteiger charge is -2.13. The third-order valence-corrected chi connectivity index (χ3v) is 6.22. The highest BCUT2D eigenvalue weighted by atomic mass is 127.